The molecule has 0 N–H and O–H groups in total. The molecule has 0 spiro atoms. The number of hydrogen-bond donors (Lipinski definition) is 0. The number of fused-ring (bicyclic) bond motifs is 1. The highest BCUT2D eigenvalue weighted by molar-refractivity contribution is 5.82. The highest BCUT2D eigenvalue weighted by Crippen LogP contribution is 2.45. The van der Waals surface area contributed by atoms with Gasteiger partial charge in [-0.2, -0.15) is 13.2 Å². The fraction of sp³-hybridized carbons (Fsp3) is 0.303. The molecular formula is C33H28F3N9O2. The molecule has 238 valence electrons. The van der Waals surface area contributed by atoms with Gasteiger partial charge in [-0.1, -0.05) is 24.3 Å². The van der Waals surface area contributed by atoms with Gasteiger partial charge < -0.3 is 13.9 Å². The Bertz CT molecular complexity index is 2210. The number of ether oxygens (including phenoxy) is 1. The predicted molar refractivity (Wildman–Crippen MR) is 166 cm³/mol. The molecule has 5 aromatic heterocycles. The number of alkyl halides is 3. The van der Waals surface area contributed by atoms with E-state index in [0.717, 1.165) is 43.1 Å². The molecule has 2 fully saturated rings. The molecule has 2 aliphatic carbocycles. The molecule has 11 nitrogen and oxygen atoms in total. The van der Waals surface area contributed by atoms with Gasteiger partial charge in [-0.25, -0.2) is 29.9 Å². The van der Waals surface area contributed by atoms with Gasteiger partial charge in [-0.15, -0.1) is 0 Å². The Morgan fingerprint density at radius 2 is 1.77 bits per heavy atom. The second-order valence-corrected chi connectivity index (χ2v) is 12.0. The standard InChI is InChI=1S/C33H28F3N9O2/c1-43-14-24(40-17-43)23-11-21-12-37-28(26-27(19-7-8-19)38-16-39-31(26)47-2)42-30(21)45(32(23)46)13-18-3-5-20(6-4-18)29-41-25(33(34,35)36)15-44(29)22-9-10-22/h3-6,11-12,14-17,19,22H,7-10,13H2,1-2H3. The van der Waals surface area contributed by atoms with Crippen molar-refractivity contribution >= 4 is 11.0 Å². The largest absolute Gasteiger partial charge is 0.480 e. The van der Waals surface area contributed by atoms with Crippen molar-refractivity contribution in [3.05, 3.63) is 88.9 Å². The van der Waals surface area contributed by atoms with E-state index in [2.05, 4.69) is 24.9 Å². The first-order chi connectivity index (χ1) is 22.7. The van der Waals surface area contributed by atoms with Gasteiger partial charge in [0.25, 0.3) is 5.56 Å². The number of methoxy groups -OCH3 is 1. The van der Waals surface area contributed by atoms with Crippen LogP contribution >= 0.6 is 0 Å². The molecule has 6 aromatic rings. The Morgan fingerprint density at radius 1 is 0.979 bits per heavy atom. The van der Waals surface area contributed by atoms with Gasteiger partial charge in [0.05, 0.1) is 36.9 Å². The summed E-state index contributed by atoms with van der Waals surface area (Å²) < 4.78 is 51.1. The van der Waals surface area contributed by atoms with Crippen molar-refractivity contribution in [3.63, 3.8) is 0 Å². The van der Waals surface area contributed by atoms with Crippen molar-refractivity contribution in [2.24, 2.45) is 7.05 Å². The third-order valence-electron chi connectivity index (χ3n) is 8.55. The summed E-state index contributed by atoms with van der Waals surface area (Å²) in [5.74, 6) is 1.23. The minimum absolute atomic E-state index is 0.00972. The zero-order valence-corrected chi connectivity index (χ0v) is 25.4. The maximum absolute atomic E-state index is 14.1. The zero-order chi connectivity index (χ0) is 32.4. The van der Waals surface area contributed by atoms with Crippen molar-refractivity contribution in [2.45, 2.75) is 50.4 Å². The van der Waals surface area contributed by atoms with Crippen molar-refractivity contribution in [1.29, 1.82) is 0 Å². The summed E-state index contributed by atoms with van der Waals surface area (Å²) in [5, 5.41) is 0.626. The molecule has 1 aromatic carbocycles. The Balaban J connectivity index is 1.24. The molecule has 0 amide bonds. The number of imidazole rings is 2. The van der Waals surface area contributed by atoms with Gasteiger partial charge in [-0.3, -0.25) is 9.36 Å². The first kappa shape index (κ1) is 29.0. The van der Waals surface area contributed by atoms with Crippen LogP contribution in [0.1, 0.15) is 54.6 Å². The first-order valence-corrected chi connectivity index (χ1v) is 15.2. The monoisotopic (exact) mass is 639 g/mol. The second kappa shape index (κ2) is 10.9. The Labute approximate surface area is 265 Å². The van der Waals surface area contributed by atoms with Crippen LogP contribution in [-0.4, -0.2) is 50.7 Å². The predicted octanol–water partition coefficient (Wildman–Crippen LogP) is 5.80. The molecule has 0 aliphatic heterocycles. The van der Waals surface area contributed by atoms with Crippen LogP contribution in [-0.2, 0) is 19.8 Å². The molecule has 0 atom stereocenters. The molecule has 8 rings (SSSR count). The number of aryl methyl sites for hydroxylation is 1. The first-order valence-electron chi connectivity index (χ1n) is 15.2. The van der Waals surface area contributed by atoms with E-state index in [1.807, 2.05) is 7.05 Å². The average molecular weight is 640 g/mol. The molecule has 0 unspecified atom stereocenters. The molecule has 0 saturated heterocycles. The van der Waals surface area contributed by atoms with E-state index in [0.29, 0.717) is 45.1 Å². The molecule has 47 heavy (non-hydrogen) atoms. The van der Waals surface area contributed by atoms with Crippen molar-refractivity contribution in [1.82, 2.24) is 43.6 Å². The van der Waals surface area contributed by atoms with E-state index < -0.39 is 11.9 Å². The number of benzene rings is 1. The van der Waals surface area contributed by atoms with Crippen LogP contribution in [0.4, 0.5) is 13.2 Å². The van der Waals surface area contributed by atoms with E-state index in [9.17, 15) is 18.0 Å². The highest BCUT2D eigenvalue weighted by Gasteiger charge is 2.37. The maximum atomic E-state index is 14.1. The Kier molecular flexibility index (Phi) is 6.70. The van der Waals surface area contributed by atoms with Gasteiger partial charge in [0.2, 0.25) is 5.88 Å². The summed E-state index contributed by atoms with van der Waals surface area (Å²) in [4.78, 5) is 40.9. The molecule has 5 heterocycles. The summed E-state index contributed by atoms with van der Waals surface area (Å²) >= 11 is 0. The van der Waals surface area contributed by atoms with Crippen LogP contribution < -0.4 is 10.3 Å². The number of halogens is 3. The lowest BCUT2D eigenvalue weighted by atomic mass is 10.1. The SMILES string of the molecule is COc1ncnc(C2CC2)c1-c1ncc2cc(-c3cn(C)cn3)c(=O)n(Cc3ccc(-c4nc(C(F)(F)F)cn4C4CC4)cc3)c2n1. The van der Waals surface area contributed by atoms with Crippen LogP contribution in [0.2, 0.25) is 0 Å². The van der Waals surface area contributed by atoms with Crippen molar-refractivity contribution < 1.29 is 17.9 Å². The lowest BCUT2D eigenvalue weighted by Crippen LogP contribution is -2.24. The van der Waals surface area contributed by atoms with E-state index in [4.69, 9.17) is 9.72 Å². The number of nitrogens with zero attached hydrogens (tertiary/aromatic N) is 9. The van der Waals surface area contributed by atoms with E-state index >= 15 is 0 Å². The Morgan fingerprint density at radius 3 is 2.43 bits per heavy atom. The summed E-state index contributed by atoms with van der Waals surface area (Å²) in [6, 6.07) is 8.81. The van der Waals surface area contributed by atoms with Gasteiger partial charge in [0, 0.05) is 48.5 Å². The third-order valence-corrected chi connectivity index (χ3v) is 8.55. The minimum atomic E-state index is -4.54. The Hall–Kier alpha value is -5.40. The molecule has 2 saturated carbocycles. The number of rotatable bonds is 8. The van der Waals surface area contributed by atoms with E-state index in [1.54, 1.807) is 62.8 Å². The average Bonchev–Trinajstić information content (AvgIpc) is 4.00. The normalized spacial score (nSPS) is 15.0. The van der Waals surface area contributed by atoms with Gasteiger partial charge in [0.15, 0.2) is 11.5 Å². The summed E-state index contributed by atoms with van der Waals surface area (Å²) in [7, 11) is 3.36. The van der Waals surface area contributed by atoms with Crippen molar-refractivity contribution in [2.75, 3.05) is 7.11 Å². The minimum Gasteiger partial charge on any atom is -0.480 e. The molecule has 14 heteroatoms. The molecule has 0 bridgehead atoms. The lowest BCUT2D eigenvalue weighted by Gasteiger charge is -2.15. The topological polar surface area (TPSA) is 118 Å². The fourth-order valence-corrected chi connectivity index (χ4v) is 5.89. The van der Waals surface area contributed by atoms with Crippen molar-refractivity contribution in [3.8, 4) is 39.9 Å². The van der Waals surface area contributed by atoms with Gasteiger partial charge in [0.1, 0.15) is 23.4 Å². The van der Waals surface area contributed by atoms with Crippen LogP contribution in [0.15, 0.2) is 66.4 Å². The molecule has 2 aliphatic rings. The van der Waals surface area contributed by atoms with E-state index in [1.165, 1.54) is 13.4 Å². The quantitative estimate of drug-likeness (QED) is 0.205. The highest BCUT2D eigenvalue weighted by atomic mass is 19.4. The number of aromatic nitrogens is 9. The molecule has 0 radical (unpaired) electrons. The number of pyridine rings is 1. The van der Waals surface area contributed by atoms with Crippen LogP contribution in [0.5, 0.6) is 5.88 Å². The second-order valence-electron chi connectivity index (χ2n) is 12.0. The maximum Gasteiger partial charge on any atom is 0.434 e. The molecular weight excluding hydrogens is 611 g/mol. The van der Waals surface area contributed by atoms with Gasteiger partial charge >= 0.3 is 6.18 Å². The van der Waals surface area contributed by atoms with Crippen LogP contribution in [0.25, 0.3) is 45.1 Å². The smallest absolute Gasteiger partial charge is 0.434 e. The van der Waals surface area contributed by atoms with Gasteiger partial charge in [-0.05, 0) is 37.3 Å². The fourth-order valence-electron chi connectivity index (χ4n) is 5.89. The summed E-state index contributed by atoms with van der Waals surface area (Å²) in [6.07, 6.45) is 6.70. The van der Waals surface area contributed by atoms with E-state index in [-0.39, 0.29) is 29.9 Å². The summed E-state index contributed by atoms with van der Waals surface area (Å²) in [5.41, 5.74) is 2.79. The third kappa shape index (κ3) is 5.32. The number of hydrogen-bond acceptors (Lipinski definition) is 8. The van der Waals surface area contributed by atoms with Crippen LogP contribution in [0, 0.1) is 0 Å². The lowest BCUT2D eigenvalue weighted by molar-refractivity contribution is -0.140. The zero-order valence-electron chi connectivity index (χ0n) is 25.4. The summed E-state index contributed by atoms with van der Waals surface area (Å²) in [6.45, 7) is 0.134. The van der Waals surface area contributed by atoms with Crippen LogP contribution in [0.3, 0.4) is 0 Å².